The van der Waals surface area contributed by atoms with Crippen LogP contribution >= 0.6 is 11.6 Å². The molecule has 3 aliphatic rings. The summed E-state index contributed by atoms with van der Waals surface area (Å²) in [6.07, 6.45) is 0.427. The molecule has 1 aliphatic carbocycles. The normalized spacial score (nSPS) is 20.1. The molecular formula is C36H40ClN7O7. The Morgan fingerprint density at radius 2 is 1.67 bits per heavy atom. The second-order valence-corrected chi connectivity index (χ2v) is 15.2. The highest BCUT2D eigenvalue weighted by Crippen LogP contribution is 2.67. The number of carbonyl (C=O) groups excluding carboxylic acids is 3. The van der Waals surface area contributed by atoms with Crippen molar-refractivity contribution in [2.45, 2.75) is 70.5 Å². The van der Waals surface area contributed by atoms with Crippen LogP contribution in [0.3, 0.4) is 0 Å². The van der Waals surface area contributed by atoms with Gasteiger partial charge in [-0.3, -0.25) is 4.79 Å². The fourth-order valence-electron chi connectivity index (χ4n) is 6.75. The van der Waals surface area contributed by atoms with Crippen molar-refractivity contribution in [3.05, 3.63) is 58.9 Å². The van der Waals surface area contributed by atoms with Crippen LogP contribution < -0.4 is 19.9 Å². The molecule has 7 rings (SSSR count). The number of nitrogens with zero attached hydrogens (tertiary/aromatic N) is 6. The fourth-order valence-corrected chi connectivity index (χ4v) is 7.01. The average molecular weight is 718 g/mol. The summed E-state index contributed by atoms with van der Waals surface area (Å²) in [5.74, 6) is 1.07. The first-order valence-electron chi connectivity index (χ1n) is 16.7. The van der Waals surface area contributed by atoms with Crippen molar-refractivity contribution in [1.29, 1.82) is 0 Å². The van der Waals surface area contributed by atoms with E-state index in [0.29, 0.717) is 83.1 Å². The first kappa shape index (κ1) is 34.5. The molecule has 2 aromatic carbocycles. The summed E-state index contributed by atoms with van der Waals surface area (Å²) in [5.41, 5.74) is -0.265. The molecule has 51 heavy (non-hydrogen) atoms. The van der Waals surface area contributed by atoms with Gasteiger partial charge in [-0.15, -0.1) is 5.10 Å². The Morgan fingerprint density at radius 3 is 2.35 bits per heavy atom. The van der Waals surface area contributed by atoms with Gasteiger partial charge in [0.2, 0.25) is 5.91 Å². The molecule has 1 N–H and O–H groups in total. The summed E-state index contributed by atoms with van der Waals surface area (Å²) in [7, 11) is 1.55. The van der Waals surface area contributed by atoms with E-state index in [1.54, 1.807) is 66.9 Å². The van der Waals surface area contributed by atoms with Crippen LogP contribution in [0.1, 0.15) is 65.0 Å². The number of amides is 2. The van der Waals surface area contributed by atoms with Crippen molar-refractivity contribution in [3.8, 4) is 5.75 Å². The molecule has 4 heterocycles. The largest absolute Gasteiger partial charge is 0.497 e. The fraction of sp³-hybridized carbons (Fsp3) is 0.444. The average Bonchev–Trinajstić information content (AvgIpc) is 3.65. The van der Waals surface area contributed by atoms with Crippen molar-refractivity contribution in [2.24, 2.45) is 0 Å². The molecule has 0 unspecified atom stereocenters. The highest BCUT2D eigenvalue weighted by atomic mass is 35.5. The highest BCUT2D eigenvalue weighted by molar-refractivity contribution is 6.35. The lowest BCUT2D eigenvalue weighted by atomic mass is 9.91. The van der Waals surface area contributed by atoms with E-state index in [1.807, 2.05) is 23.1 Å². The van der Waals surface area contributed by atoms with Crippen LogP contribution in [-0.4, -0.2) is 82.5 Å². The van der Waals surface area contributed by atoms with Gasteiger partial charge in [0.1, 0.15) is 28.3 Å². The van der Waals surface area contributed by atoms with Crippen LogP contribution in [0.5, 0.6) is 5.75 Å². The molecule has 2 aromatic heterocycles. The van der Waals surface area contributed by atoms with Crippen molar-refractivity contribution in [2.75, 3.05) is 48.5 Å². The number of rotatable bonds is 5. The number of ether oxygens (including phenoxy) is 4. The lowest BCUT2D eigenvalue weighted by molar-refractivity contribution is -0.120. The Balaban J connectivity index is 1.28. The van der Waals surface area contributed by atoms with Gasteiger partial charge in [0.05, 0.1) is 36.9 Å². The Hall–Kier alpha value is -4.95. The van der Waals surface area contributed by atoms with Gasteiger partial charge in [0.25, 0.3) is 0 Å². The Kier molecular flexibility index (Phi) is 8.37. The summed E-state index contributed by atoms with van der Waals surface area (Å²) in [5, 5.41) is 8.74. The third-order valence-electron chi connectivity index (χ3n) is 9.04. The maximum absolute atomic E-state index is 14.3. The molecule has 15 heteroatoms. The van der Waals surface area contributed by atoms with Gasteiger partial charge in [-0.2, -0.15) is 4.68 Å². The zero-order valence-electron chi connectivity index (χ0n) is 29.6. The van der Waals surface area contributed by atoms with E-state index < -0.39 is 28.8 Å². The molecule has 4 aromatic rings. The first-order chi connectivity index (χ1) is 24.1. The van der Waals surface area contributed by atoms with Crippen LogP contribution in [0, 0.1) is 0 Å². The van der Waals surface area contributed by atoms with Crippen LogP contribution in [0.15, 0.2) is 42.7 Å². The van der Waals surface area contributed by atoms with Crippen molar-refractivity contribution in [1.82, 2.24) is 19.7 Å². The molecule has 0 radical (unpaired) electrons. The summed E-state index contributed by atoms with van der Waals surface area (Å²) in [4.78, 5) is 53.2. The van der Waals surface area contributed by atoms with Crippen LogP contribution in [0.2, 0.25) is 5.02 Å². The minimum Gasteiger partial charge on any atom is -0.497 e. The van der Waals surface area contributed by atoms with Gasteiger partial charge in [0.15, 0.2) is 17.5 Å². The number of anilines is 4. The van der Waals surface area contributed by atoms with Crippen LogP contribution in [-0.2, 0) is 24.4 Å². The Labute approximate surface area is 300 Å². The topological polar surface area (TPSA) is 150 Å². The molecule has 1 saturated heterocycles. The zero-order valence-corrected chi connectivity index (χ0v) is 30.3. The highest BCUT2D eigenvalue weighted by Gasteiger charge is 2.68. The lowest BCUT2D eigenvalue weighted by Crippen LogP contribution is -2.41. The van der Waals surface area contributed by atoms with E-state index in [0.717, 1.165) is 10.5 Å². The van der Waals surface area contributed by atoms with E-state index in [9.17, 15) is 14.4 Å². The van der Waals surface area contributed by atoms with Crippen molar-refractivity contribution >= 4 is 63.7 Å². The maximum atomic E-state index is 14.3. The number of hydrogen-bond acceptors (Lipinski definition) is 12. The van der Waals surface area contributed by atoms with Crippen molar-refractivity contribution in [3.63, 3.8) is 0 Å². The summed E-state index contributed by atoms with van der Waals surface area (Å²) < 4.78 is 23.6. The molecular weight excluding hydrogens is 678 g/mol. The predicted octanol–water partition coefficient (Wildman–Crippen LogP) is 6.56. The lowest BCUT2D eigenvalue weighted by Gasteiger charge is -2.28. The number of carbonyl (C=O) groups is 3. The molecule has 14 nitrogen and oxygen atoms in total. The van der Waals surface area contributed by atoms with E-state index in [-0.39, 0.29) is 11.8 Å². The second kappa shape index (κ2) is 12.4. The van der Waals surface area contributed by atoms with Crippen LogP contribution in [0.25, 0.3) is 10.9 Å². The Morgan fingerprint density at radius 1 is 0.961 bits per heavy atom. The quantitative estimate of drug-likeness (QED) is 0.238. The van der Waals surface area contributed by atoms with Crippen LogP contribution in [0.4, 0.5) is 32.7 Å². The molecule has 2 aliphatic heterocycles. The molecule has 2 fully saturated rings. The minimum absolute atomic E-state index is 0.305. The maximum Gasteiger partial charge on any atom is 0.435 e. The molecule has 0 bridgehead atoms. The van der Waals surface area contributed by atoms with Gasteiger partial charge in [0, 0.05) is 24.4 Å². The number of nitrogens with one attached hydrogen (secondary N) is 1. The molecule has 2 amide bonds. The third-order valence-corrected chi connectivity index (χ3v) is 9.39. The first-order valence-corrected chi connectivity index (χ1v) is 17.1. The number of aromatic nitrogens is 4. The van der Waals surface area contributed by atoms with Gasteiger partial charge < -0.3 is 29.2 Å². The number of halogens is 1. The SMILES string of the molecule is COc1ccc2c(c1)[C@]1(C[C@H]1c1ccc3c(Nc4ncnc(N5CCOCC5)c4Cl)nn(C(=O)OC(C)(C)C)c3c1)C(=O)N2C(=O)OC(C)(C)C. The number of fused-ring (bicyclic) bond motifs is 3. The molecule has 268 valence electrons. The van der Waals surface area contributed by atoms with E-state index >= 15 is 0 Å². The van der Waals surface area contributed by atoms with E-state index in [1.165, 1.54) is 11.0 Å². The van der Waals surface area contributed by atoms with Crippen molar-refractivity contribution < 1.29 is 33.3 Å². The number of methoxy groups -OCH3 is 1. The predicted molar refractivity (Wildman–Crippen MR) is 190 cm³/mol. The number of hydrogen-bond donors (Lipinski definition) is 1. The smallest absolute Gasteiger partial charge is 0.435 e. The second-order valence-electron chi connectivity index (χ2n) is 14.8. The molecule has 1 spiro atoms. The summed E-state index contributed by atoms with van der Waals surface area (Å²) in [6.45, 7) is 13.0. The van der Waals surface area contributed by atoms with Gasteiger partial charge >= 0.3 is 12.2 Å². The number of imide groups is 1. The van der Waals surface area contributed by atoms with Gasteiger partial charge in [-0.1, -0.05) is 17.7 Å². The number of benzene rings is 2. The molecule has 1 saturated carbocycles. The standard InChI is InChI=1S/C36H40ClN7O7/c1-34(2,3)50-32(46)43-25-11-9-21(48-7)17-23(25)36(31(43)45)18-24(36)20-8-10-22-26(16-20)44(33(47)51-35(4,5)6)41-28(22)40-29-27(37)30(39-19-38-29)42-12-14-49-15-13-42/h8-11,16-17,19,24H,12-15,18H2,1-7H3,(H,38,39,40,41)/t24-,36-/m0/s1. The summed E-state index contributed by atoms with van der Waals surface area (Å²) in [6, 6.07) is 10.8. The van der Waals surface area contributed by atoms with Gasteiger partial charge in [-0.25, -0.2) is 24.5 Å². The minimum atomic E-state index is -1.03. The summed E-state index contributed by atoms with van der Waals surface area (Å²) >= 11 is 6.82. The number of morpholine rings is 1. The monoisotopic (exact) mass is 717 g/mol. The zero-order chi connectivity index (χ0) is 36.5. The van der Waals surface area contributed by atoms with E-state index in [4.69, 9.17) is 30.5 Å². The van der Waals surface area contributed by atoms with E-state index in [2.05, 4.69) is 20.4 Å². The molecule has 2 atom stereocenters. The Bertz CT molecular complexity index is 2060. The van der Waals surface area contributed by atoms with Gasteiger partial charge in [-0.05, 0) is 89.4 Å². The third kappa shape index (κ3) is 6.20.